The van der Waals surface area contributed by atoms with Crippen LogP contribution in [0.3, 0.4) is 0 Å². The highest BCUT2D eigenvalue weighted by Gasteiger charge is 2.37. The van der Waals surface area contributed by atoms with E-state index in [1.165, 1.54) is 0 Å². The van der Waals surface area contributed by atoms with Crippen molar-refractivity contribution in [3.05, 3.63) is 0 Å². The summed E-state index contributed by atoms with van der Waals surface area (Å²) in [7, 11) is 6.61. The summed E-state index contributed by atoms with van der Waals surface area (Å²) in [6, 6.07) is 0. The minimum Gasteiger partial charge on any atom is -0.377 e. The minimum absolute atomic E-state index is 0.00338. The standard InChI is InChI=1S/C9H19NO4/c1-11-6-5-7(12-2)9(14-4)10-8(6)13-3/h6-10H,5H2,1-4H3. The molecule has 1 N–H and O–H groups in total. The van der Waals surface area contributed by atoms with E-state index in [0.29, 0.717) is 0 Å². The third-order valence-electron chi connectivity index (χ3n) is 2.58. The Morgan fingerprint density at radius 1 is 0.786 bits per heavy atom. The number of rotatable bonds is 4. The zero-order valence-corrected chi connectivity index (χ0v) is 9.15. The van der Waals surface area contributed by atoms with Crippen LogP contribution >= 0.6 is 0 Å². The molecule has 14 heavy (non-hydrogen) atoms. The second-order valence-electron chi connectivity index (χ2n) is 3.26. The van der Waals surface area contributed by atoms with E-state index < -0.39 is 0 Å². The molecule has 5 heteroatoms. The lowest BCUT2D eigenvalue weighted by atomic mass is 10.0. The predicted molar refractivity (Wildman–Crippen MR) is 50.9 cm³/mol. The van der Waals surface area contributed by atoms with E-state index in [2.05, 4.69) is 5.32 Å². The molecule has 0 aliphatic carbocycles. The van der Waals surface area contributed by atoms with Gasteiger partial charge in [0.15, 0.2) is 0 Å². The molecule has 0 saturated carbocycles. The molecule has 0 bridgehead atoms. The van der Waals surface area contributed by atoms with Crippen molar-refractivity contribution >= 4 is 0 Å². The van der Waals surface area contributed by atoms with Gasteiger partial charge in [0.1, 0.15) is 12.5 Å². The highest BCUT2D eigenvalue weighted by atomic mass is 16.6. The van der Waals surface area contributed by atoms with Gasteiger partial charge in [0.25, 0.3) is 0 Å². The molecular weight excluding hydrogens is 186 g/mol. The highest BCUT2D eigenvalue weighted by molar-refractivity contribution is 4.85. The van der Waals surface area contributed by atoms with Crippen molar-refractivity contribution < 1.29 is 18.9 Å². The van der Waals surface area contributed by atoms with E-state index in [9.17, 15) is 0 Å². The fraction of sp³-hybridized carbons (Fsp3) is 1.00. The average molecular weight is 205 g/mol. The van der Waals surface area contributed by atoms with Gasteiger partial charge < -0.3 is 18.9 Å². The molecule has 0 radical (unpaired) electrons. The molecule has 4 atom stereocenters. The number of methoxy groups -OCH3 is 4. The van der Waals surface area contributed by atoms with Gasteiger partial charge in [-0.3, -0.25) is 5.32 Å². The Labute approximate surface area is 84.7 Å². The van der Waals surface area contributed by atoms with Gasteiger partial charge in [-0.15, -0.1) is 0 Å². The van der Waals surface area contributed by atoms with Crippen molar-refractivity contribution in [1.82, 2.24) is 5.32 Å². The van der Waals surface area contributed by atoms with Gasteiger partial charge in [0.05, 0.1) is 12.2 Å². The van der Waals surface area contributed by atoms with Gasteiger partial charge in [-0.2, -0.15) is 0 Å². The number of piperidine rings is 1. The summed E-state index contributed by atoms with van der Waals surface area (Å²) < 4.78 is 21.1. The van der Waals surface area contributed by atoms with E-state index in [-0.39, 0.29) is 24.7 Å². The first kappa shape index (κ1) is 11.9. The highest BCUT2D eigenvalue weighted by Crippen LogP contribution is 2.19. The third kappa shape index (κ3) is 2.43. The summed E-state index contributed by atoms with van der Waals surface area (Å²) in [6.07, 6.45) is 0.470. The molecule has 1 fully saturated rings. The van der Waals surface area contributed by atoms with Gasteiger partial charge in [0, 0.05) is 34.9 Å². The van der Waals surface area contributed by atoms with Crippen LogP contribution in [0.1, 0.15) is 6.42 Å². The molecule has 1 aliphatic heterocycles. The molecule has 5 nitrogen and oxygen atoms in total. The summed E-state index contributed by atoms with van der Waals surface area (Å²) in [4.78, 5) is 0. The molecule has 0 aromatic heterocycles. The summed E-state index contributed by atoms with van der Waals surface area (Å²) >= 11 is 0. The van der Waals surface area contributed by atoms with Crippen LogP contribution in [0.4, 0.5) is 0 Å². The lowest BCUT2D eigenvalue weighted by Crippen LogP contribution is -2.59. The zero-order valence-electron chi connectivity index (χ0n) is 9.15. The normalized spacial score (nSPS) is 38.6. The van der Waals surface area contributed by atoms with E-state index in [4.69, 9.17) is 18.9 Å². The van der Waals surface area contributed by atoms with Crippen LogP contribution in [-0.2, 0) is 18.9 Å². The summed E-state index contributed by atoms with van der Waals surface area (Å²) in [6.45, 7) is 0. The van der Waals surface area contributed by atoms with Crippen molar-refractivity contribution in [3.63, 3.8) is 0 Å². The second kappa shape index (κ2) is 5.63. The van der Waals surface area contributed by atoms with E-state index >= 15 is 0 Å². The first-order valence-electron chi connectivity index (χ1n) is 4.64. The molecule has 1 heterocycles. The van der Waals surface area contributed by atoms with Crippen molar-refractivity contribution in [2.24, 2.45) is 0 Å². The molecule has 1 rings (SSSR count). The fourth-order valence-electron chi connectivity index (χ4n) is 1.73. The molecule has 0 aromatic carbocycles. The maximum atomic E-state index is 5.30. The Bertz CT molecular complexity index is 133. The number of hydrogen-bond acceptors (Lipinski definition) is 5. The first-order valence-corrected chi connectivity index (χ1v) is 4.64. The molecule has 0 spiro atoms. The maximum Gasteiger partial charge on any atom is 0.136 e. The Morgan fingerprint density at radius 3 is 1.50 bits per heavy atom. The van der Waals surface area contributed by atoms with Crippen molar-refractivity contribution in [2.45, 2.75) is 31.1 Å². The van der Waals surface area contributed by atoms with Crippen molar-refractivity contribution in [2.75, 3.05) is 28.4 Å². The van der Waals surface area contributed by atoms with Crippen molar-refractivity contribution in [1.29, 1.82) is 0 Å². The second-order valence-corrected chi connectivity index (χ2v) is 3.26. The van der Waals surface area contributed by atoms with E-state index in [1.807, 2.05) is 0 Å². The molecule has 1 aliphatic rings. The Morgan fingerprint density at radius 2 is 1.21 bits per heavy atom. The Kier molecular flexibility index (Phi) is 4.77. The zero-order chi connectivity index (χ0) is 10.6. The van der Waals surface area contributed by atoms with Gasteiger partial charge in [0.2, 0.25) is 0 Å². The van der Waals surface area contributed by atoms with Crippen LogP contribution in [-0.4, -0.2) is 53.1 Å². The SMILES string of the molecule is COC1CC(OC)C(OC)NC1OC. The smallest absolute Gasteiger partial charge is 0.136 e. The number of nitrogens with one attached hydrogen (secondary N) is 1. The third-order valence-corrected chi connectivity index (χ3v) is 2.58. The van der Waals surface area contributed by atoms with Crippen LogP contribution in [0, 0.1) is 0 Å². The van der Waals surface area contributed by atoms with Crippen LogP contribution in [0.5, 0.6) is 0 Å². The number of ether oxygens (including phenoxy) is 4. The van der Waals surface area contributed by atoms with E-state index in [0.717, 1.165) is 6.42 Å². The lowest BCUT2D eigenvalue weighted by molar-refractivity contribution is -0.168. The van der Waals surface area contributed by atoms with Crippen LogP contribution in [0.15, 0.2) is 0 Å². The van der Waals surface area contributed by atoms with Gasteiger partial charge in [-0.25, -0.2) is 0 Å². The van der Waals surface area contributed by atoms with Gasteiger partial charge in [-0.05, 0) is 0 Å². The molecule has 0 amide bonds. The monoisotopic (exact) mass is 205 g/mol. The Hall–Kier alpha value is -0.200. The molecule has 84 valence electrons. The number of hydrogen-bond donors (Lipinski definition) is 1. The summed E-state index contributed by atoms with van der Waals surface area (Å²) in [5.74, 6) is 0. The van der Waals surface area contributed by atoms with Gasteiger partial charge in [-0.1, -0.05) is 0 Å². The minimum atomic E-state index is -0.142. The fourth-order valence-corrected chi connectivity index (χ4v) is 1.73. The summed E-state index contributed by atoms with van der Waals surface area (Å²) in [5.41, 5.74) is 0. The average Bonchev–Trinajstić information content (AvgIpc) is 2.26. The lowest BCUT2D eigenvalue weighted by Gasteiger charge is -2.39. The first-order chi connectivity index (χ1) is 6.76. The quantitative estimate of drug-likeness (QED) is 0.697. The van der Waals surface area contributed by atoms with Crippen molar-refractivity contribution in [3.8, 4) is 0 Å². The van der Waals surface area contributed by atoms with Gasteiger partial charge >= 0.3 is 0 Å². The summed E-state index contributed by atoms with van der Waals surface area (Å²) in [5, 5.41) is 3.16. The van der Waals surface area contributed by atoms with Crippen LogP contribution in [0.25, 0.3) is 0 Å². The van der Waals surface area contributed by atoms with Crippen LogP contribution < -0.4 is 5.32 Å². The predicted octanol–water partition coefficient (Wildman–Crippen LogP) is -0.0453. The maximum absolute atomic E-state index is 5.30. The molecule has 4 unspecified atom stereocenters. The topological polar surface area (TPSA) is 49.0 Å². The van der Waals surface area contributed by atoms with Crippen LogP contribution in [0.2, 0.25) is 0 Å². The molecule has 1 saturated heterocycles. The largest absolute Gasteiger partial charge is 0.377 e. The molecular formula is C9H19NO4. The van der Waals surface area contributed by atoms with E-state index in [1.54, 1.807) is 28.4 Å². The Balaban J connectivity index is 2.59. The molecule has 0 aromatic rings.